The first-order valence-corrected chi connectivity index (χ1v) is 7.52. The standard InChI is InChI=1S/C15H15FN2O3S/c1-9-13(14(21)17-7-3-6-12(19)20)22-15(18-9)10-4-2-5-11(16)8-10/h2,4-5,8H,3,6-7H2,1H3,(H,17,21)(H,19,20). The van der Waals surface area contributed by atoms with Crippen LogP contribution in [0.25, 0.3) is 10.6 Å². The molecule has 2 rings (SSSR count). The maximum absolute atomic E-state index is 13.2. The van der Waals surface area contributed by atoms with Gasteiger partial charge in [-0.2, -0.15) is 0 Å². The molecule has 0 aliphatic heterocycles. The summed E-state index contributed by atoms with van der Waals surface area (Å²) < 4.78 is 13.2. The molecule has 0 radical (unpaired) electrons. The zero-order chi connectivity index (χ0) is 16.1. The van der Waals surface area contributed by atoms with Crippen molar-refractivity contribution >= 4 is 23.2 Å². The summed E-state index contributed by atoms with van der Waals surface area (Å²) >= 11 is 1.19. The smallest absolute Gasteiger partial charge is 0.303 e. The average molecular weight is 322 g/mol. The van der Waals surface area contributed by atoms with Crippen LogP contribution in [-0.2, 0) is 4.79 Å². The van der Waals surface area contributed by atoms with Crippen molar-refractivity contribution in [2.75, 3.05) is 6.54 Å². The molecule has 22 heavy (non-hydrogen) atoms. The van der Waals surface area contributed by atoms with Gasteiger partial charge in [0.05, 0.1) is 5.69 Å². The van der Waals surface area contributed by atoms with E-state index in [4.69, 9.17) is 5.11 Å². The highest BCUT2D eigenvalue weighted by atomic mass is 32.1. The van der Waals surface area contributed by atoms with E-state index in [0.29, 0.717) is 27.6 Å². The minimum atomic E-state index is -0.892. The SMILES string of the molecule is Cc1nc(-c2cccc(F)c2)sc1C(=O)NCCCC(=O)O. The molecule has 0 fully saturated rings. The van der Waals surface area contributed by atoms with Gasteiger partial charge >= 0.3 is 5.97 Å². The Morgan fingerprint density at radius 2 is 2.18 bits per heavy atom. The van der Waals surface area contributed by atoms with Gasteiger partial charge in [0.25, 0.3) is 5.91 Å². The van der Waals surface area contributed by atoms with E-state index in [1.165, 1.54) is 23.5 Å². The Morgan fingerprint density at radius 1 is 1.41 bits per heavy atom. The van der Waals surface area contributed by atoms with E-state index < -0.39 is 5.97 Å². The normalized spacial score (nSPS) is 10.5. The first-order chi connectivity index (χ1) is 10.5. The van der Waals surface area contributed by atoms with E-state index in [0.717, 1.165) is 0 Å². The van der Waals surface area contributed by atoms with Crippen LogP contribution < -0.4 is 5.32 Å². The van der Waals surface area contributed by atoms with Crippen LogP contribution in [0.1, 0.15) is 28.2 Å². The summed E-state index contributed by atoms with van der Waals surface area (Å²) in [6.45, 7) is 2.00. The Hall–Kier alpha value is -2.28. The first-order valence-electron chi connectivity index (χ1n) is 6.70. The Morgan fingerprint density at radius 3 is 2.86 bits per heavy atom. The van der Waals surface area contributed by atoms with Crippen LogP contribution >= 0.6 is 11.3 Å². The maximum Gasteiger partial charge on any atom is 0.303 e. The van der Waals surface area contributed by atoms with Gasteiger partial charge in [0, 0.05) is 18.5 Å². The number of halogens is 1. The number of carbonyl (C=O) groups excluding carboxylic acids is 1. The largest absolute Gasteiger partial charge is 0.481 e. The number of hydrogen-bond acceptors (Lipinski definition) is 4. The Kier molecular flexibility index (Phi) is 5.21. The van der Waals surface area contributed by atoms with Gasteiger partial charge in [-0.05, 0) is 25.5 Å². The van der Waals surface area contributed by atoms with E-state index in [2.05, 4.69) is 10.3 Å². The fourth-order valence-corrected chi connectivity index (χ4v) is 2.85. The summed E-state index contributed by atoms with van der Waals surface area (Å²) in [5, 5.41) is 11.8. The molecule has 1 aromatic heterocycles. The number of nitrogens with zero attached hydrogens (tertiary/aromatic N) is 1. The molecular formula is C15H15FN2O3S. The maximum atomic E-state index is 13.2. The van der Waals surface area contributed by atoms with Gasteiger partial charge in [-0.1, -0.05) is 12.1 Å². The molecule has 2 aromatic rings. The Bertz CT molecular complexity index is 700. The van der Waals surface area contributed by atoms with E-state index in [9.17, 15) is 14.0 Å². The van der Waals surface area contributed by atoms with Crippen LogP contribution in [-0.4, -0.2) is 28.5 Å². The summed E-state index contributed by atoms with van der Waals surface area (Å²) in [7, 11) is 0. The summed E-state index contributed by atoms with van der Waals surface area (Å²) in [5.74, 6) is -1.54. The number of hydrogen-bond donors (Lipinski definition) is 2. The summed E-state index contributed by atoms with van der Waals surface area (Å²) in [6.07, 6.45) is 0.381. The minimum Gasteiger partial charge on any atom is -0.481 e. The second-order valence-corrected chi connectivity index (χ2v) is 5.70. The number of carbonyl (C=O) groups is 2. The number of nitrogens with one attached hydrogen (secondary N) is 1. The van der Waals surface area contributed by atoms with Gasteiger partial charge < -0.3 is 10.4 Å². The lowest BCUT2D eigenvalue weighted by molar-refractivity contribution is -0.137. The number of thiazole rings is 1. The monoisotopic (exact) mass is 322 g/mol. The lowest BCUT2D eigenvalue weighted by atomic mass is 10.2. The van der Waals surface area contributed by atoms with Crippen molar-refractivity contribution in [3.8, 4) is 10.6 Å². The third kappa shape index (κ3) is 4.11. The van der Waals surface area contributed by atoms with Gasteiger partial charge in [0.1, 0.15) is 15.7 Å². The highest BCUT2D eigenvalue weighted by Gasteiger charge is 2.16. The zero-order valence-electron chi connectivity index (χ0n) is 11.9. The molecule has 5 nitrogen and oxygen atoms in total. The van der Waals surface area contributed by atoms with Crippen molar-refractivity contribution in [3.63, 3.8) is 0 Å². The van der Waals surface area contributed by atoms with Crippen LogP contribution in [0.2, 0.25) is 0 Å². The van der Waals surface area contributed by atoms with Crippen molar-refractivity contribution in [3.05, 3.63) is 40.7 Å². The number of rotatable bonds is 6. The number of aromatic nitrogens is 1. The topological polar surface area (TPSA) is 79.3 Å². The van der Waals surface area contributed by atoms with Crippen molar-refractivity contribution in [1.29, 1.82) is 0 Å². The molecule has 7 heteroatoms. The minimum absolute atomic E-state index is 0.0104. The van der Waals surface area contributed by atoms with E-state index in [1.807, 2.05) is 0 Å². The van der Waals surface area contributed by atoms with Crippen molar-refractivity contribution in [2.45, 2.75) is 19.8 Å². The highest BCUT2D eigenvalue weighted by molar-refractivity contribution is 7.17. The number of amides is 1. The molecule has 2 N–H and O–H groups in total. The molecule has 1 amide bonds. The molecule has 0 spiro atoms. The molecule has 1 heterocycles. The molecule has 0 aliphatic rings. The molecule has 0 saturated carbocycles. The fraction of sp³-hybridized carbons (Fsp3) is 0.267. The Balaban J connectivity index is 2.06. The predicted octanol–water partition coefficient (Wildman–Crippen LogP) is 2.85. The third-order valence-corrected chi connectivity index (χ3v) is 4.13. The lowest BCUT2D eigenvalue weighted by Crippen LogP contribution is -2.24. The number of carboxylic acid groups (broad SMARTS) is 1. The predicted molar refractivity (Wildman–Crippen MR) is 81.4 cm³/mol. The number of aryl methyl sites for hydroxylation is 1. The van der Waals surface area contributed by atoms with Gasteiger partial charge in [-0.15, -0.1) is 11.3 Å². The van der Waals surface area contributed by atoms with Crippen LogP contribution in [0.4, 0.5) is 4.39 Å². The van der Waals surface area contributed by atoms with Gasteiger partial charge in [0.15, 0.2) is 0 Å². The summed E-state index contributed by atoms with van der Waals surface area (Å²) in [5.41, 5.74) is 1.19. The summed E-state index contributed by atoms with van der Waals surface area (Å²) in [6, 6.07) is 6.04. The Labute approximate surface area is 130 Å². The van der Waals surface area contributed by atoms with Gasteiger partial charge in [0.2, 0.25) is 0 Å². The third-order valence-electron chi connectivity index (χ3n) is 2.93. The molecule has 0 atom stereocenters. The average Bonchev–Trinajstić information content (AvgIpc) is 2.85. The van der Waals surface area contributed by atoms with Gasteiger partial charge in [-0.3, -0.25) is 9.59 Å². The zero-order valence-corrected chi connectivity index (χ0v) is 12.7. The molecule has 116 valence electrons. The lowest BCUT2D eigenvalue weighted by Gasteiger charge is -2.02. The highest BCUT2D eigenvalue weighted by Crippen LogP contribution is 2.28. The molecule has 0 unspecified atom stereocenters. The summed E-state index contributed by atoms with van der Waals surface area (Å²) in [4.78, 5) is 27.2. The molecular weight excluding hydrogens is 307 g/mol. The number of aliphatic carboxylic acids is 1. The number of benzene rings is 1. The van der Waals surface area contributed by atoms with E-state index in [-0.39, 0.29) is 24.7 Å². The van der Waals surface area contributed by atoms with Crippen LogP contribution in [0, 0.1) is 12.7 Å². The van der Waals surface area contributed by atoms with Crippen molar-refractivity contribution < 1.29 is 19.1 Å². The van der Waals surface area contributed by atoms with Crippen LogP contribution in [0.3, 0.4) is 0 Å². The van der Waals surface area contributed by atoms with Crippen molar-refractivity contribution in [1.82, 2.24) is 10.3 Å². The molecule has 0 bridgehead atoms. The second kappa shape index (κ2) is 7.13. The second-order valence-electron chi connectivity index (χ2n) is 4.70. The van der Waals surface area contributed by atoms with E-state index >= 15 is 0 Å². The van der Waals surface area contributed by atoms with Crippen LogP contribution in [0.15, 0.2) is 24.3 Å². The van der Waals surface area contributed by atoms with E-state index in [1.54, 1.807) is 19.1 Å². The van der Waals surface area contributed by atoms with Crippen LogP contribution in [0.5, 0.6) is 0 Å². The van der Waals surface area contributed by atoms with Gasteiger partial charge in [-0.25, -0.2) is 9.37 Å². The molecule has 1 aromatic carbocycles. The molecule has 0 aliphatic carbocycles. The molecule has 0 saturated heterocycles. The number of carboxylic acids is 1. The fourth-order valence-electron chi connectivity index (χ4n) is 1.87. The quantitative estimate of drug-likeness (QED) is 0.802. The van der Waals surface area contributed by atoms with Crippen molar-refractivity contribution in [2.24, 2.45) is 0 Å². The first kappa shape index (κ1) is 16.1.